The summed E-state index contributed by atoms with van der Waals surface area (Å²) < 4.78 is 6.22. The van der Waals surface area contributed by atoms with Crippen molar-refractivity contribution >= 4 is 33.5 Å². The van der Waals surface area contributed by atoms with Gasteiger partial charge in [0.05, 0.1) is 12.5 Å². The summed E-state index contributed by atoms with van der Waals surface area (Å²) in [6.07, 6.45) is 2.46. The molecule has 0 unspecified atom stereocenters. The molecule has 4 rings (SSSR count). The number of halogens is 1. The van der Waals surface area contributed by atoms with Crippen LogP contribution in [0, 0.1) is 5.92 Å². The third kappa shape index (κ3) is 2.01. The summed E-state index contributed by atoms with van der Waals surface area (Å²) in [4.78, 5) is 27.6. The molecule has 0 radical (unpaired) electrons. The average Bonchev–Trinajstić information content (AvgIpc) is 3.16. The van der Waals surface area contributed by atoms with Gasteiger partial charge >= 0.3 is 5.97 Å². The van der Waals surface area contributed by atoms with Crippen LogP contribution in [0.3, 0.4) is 0 Å². The number of amides is 1. The normalized spacial score (nSPS) is 32.0. The van der Waals surface area contributed by atoms with Gasteiger partial charge in [-0.05, 0) is 50.9 Å². The molecule has 3 heterocycles. The molecule has 122 valence electrons. The predicted molar refractivity (Wildman–Crippen MR) is 88.9 cm³/mol. The number of anilines is 1. The maximum absolute atomic E-state index is 12.9. The minimum absolute atomic E-state index is 0.00991. The monoisotopic (exact) mass is 378 g/mol. The minimum Gasteiger partial charge on any atom is -0.466 e. The van der Waals surface area contributed by atoms with Gasteiger partial charge in [0.15, 0.2) is 0 Å². The Bertz CT molecular complexity index is 692. The number of fused-ring (bicyclic) bond motifs is 4. The Balaban J connectivity index is 1.81. The van der Waals surface area contributed by atoms with Crippen LogP contribution < -0.4 is 5.32 Å². The third-order valence-corrected chi connectivity index (χ3v) is 5.90. The van der Waals surface area contributed by atoms with Crippen LogP contribution in [0.5, 0.6) is 0 Å². The number of ether oxygens (including phenoxy) is 1. The fourth-order valence-corrected chi connectivity index (χ4v) is 4.91. The van der Waals surface area contributed by atoms with E-state index in [1.807, 2.05) is 25.1 Å². The van der Waals surface area contributed by atoms with Gasteiger partial charge in [-0.1, -0.05) is 15.9 Å². The number of nitrogens with one attached hydrogen (secondary N) is 1. The van der Waals surface area contributed by atoms with Crippen molar-refractivity contribution in [3.05, 3.63) is 28.2 Å². The van der Waals surface area contributed by atoms with Crippen LogP contribution >= 0.6 is 15.9 Å². The summed E-state index contributed by atoms with van der Waals surface area (Å²) in [5.74, 6) is -0.407. The number of carbonyl (C=O) groups is 2. The molecule has 0 saturated carbocycles. The zero-order valence-electron chi connectivity index (χ0n) is 13.0. The van der Waals surface area contributed by atoms with Crippen molar-refractivity contribution in [1.82, 2.24) is 4.90 Å². The van der Waals surface area contributed by atoms with E-state index in [0.29, 0.717) is 13.0 Å². The van der Waals surface area contributed by atoms with Crippen molar-refractivity contribution in [2.24, 2.45) is 5.92 Å². The molecule has 1 spiro atoms. The van der Waals surface area contributed by atoms with Gasteiger partial charge < -0.3 is 10.1 Å². The van der Waals surface area contributed by atoms with Gasteiger partial charge in [0, 0.05) is 21.8 Å². The molecular formula is C17H19BrN2O3. The van der Waals surface area contributed by atoms with E-state index in [2.05, 4.69) is 26.1 Å². The van der Waals surface area contributed by atoms with E-state index < -0.39 is 5.54 Å². The smallest absolute Gasteiger partial charge is 0.310 e. The summed E-state index contributed by atoms with van der Waals surface area (Å²) in [7, 11) is 0. The number of benzene rings is 1. The summed E-state index contributed by atoms with van der Waals surface area (Å²) >= 11 is 3.51. The lowest BCUT2D eigenvalue weighted by atomic mass is 9.84. The largest absolute Gasteiger partial charge is 0.466 e. The number of esters is 1. The molecule has 23 heavy (non-hydrogen) atoms. The third-order valence-electron chi connectivity index (χ3n) is 5.41. The van der Waals surface area contributed by atoms with E-state index in [0.717, 1.165) is 35.1 Å². The highest BCUT2D eigenvalue weighted by Crippen LogP contribution is 2.54. The van der Waals surface area contributed by atoms with E-state index in [1.54, 1.807) is 0 Å². The molecule has 3 aliphatic heterocycles. The number of rotatable bonds is 2. The van der Waals surface area contributed by atoms with Gasteiger partial charge in [0.25, 0.3) is 0 Å². The molecule has 5 nitrogen and oxygen atoms in total. The second kappa shape index (κ2) is 5.31. The molecule has 3 atom stereocenters. The molecule has 1 amide bonds. The van der Waals surface area contributed by atoms with Gasteiger partial charge in [-0.2, -0.15) is 0 Å². The first kappa shape index (κ1) is 15.1. The molecule has 0 bridgehead atoms. The molecule has 0 aromatic heterocycles. The predicted octanol–water partition coefficient (Wildman–Crippen LogP) is 2.64. The van der Waals surface area contributed by atoms with Crippen molar-refractivity contribution in [2.75, 3.05) is 18.5 Å². The quantitative estimate of drug-likeness (QED) is 0.803. The minimum atomic E-state index is -0.724. The Morgan fingerprint density at radius 2 is 2.35 bits per heavy atom. The summed E-state index contributed by atoms with van der Waals surface area (Å²) in [5, 5.41) is 3.01. The standard InChI is InChI=1S/C17H19BrN2O3/c1-2-23-15(21)11-9-17(20-7-3-4-14(11)20)12-8-10(18)5-6-13(12)19-16(17)22/h5-6,8,11,14H,2-4,7,9H2,1H3,(H,19,22)/t11-,14+,17+/m0/s1. The lowest BCUT2D eigenvalue weighted by Crippen LogP contribution is -2.47. The van der Waals surface area contributed by atoms with E-state index in [9.17, 15) is 9.59 Å². The number of carbonyl (C=O) groups excluding carboxylic acids is 2. The molecule has 3 aliphatic rings. The van der Waals surface area contributed by atoms with Crippen LogP contribution in [-0.4, -0.2) is 36.0 Å². The van der Waals surface area contributed by atoms with E-state index >= 15 is 0 Å². The van der Waals surface area contributed by atoms with Crippen LogP contribution in [0.25, 0.3) is 0 Å². The fourth-order valence-electron chi connectivity index (χ4n) is 4.55. The molecule has 1 aromatic rings. The average molecular weight is 379 g/mol. The van der Waals surface area contributed by atoms with Crippen molar-refractivity contribution in [3.63, 3.8) is 0 Å². The van der Waals surface area contributed by atoms with Crippen LogP contribution in [0.2, 0.25) is 0 Å². The Kier molecular flexibility index (Phi) is 3.50. The maximum Gasteiger partial charge on any atom is 0.310 e. The zero-order valence-corrected chi connectivity index (χ0v) is 14.6. The summed E-state index contributed by atoms with van der Waals surface area (Å²) in [5.41, 5.74) is 1.11. The van der Waals surface area contributed by atoms with E-state index in [4.69, 9.17) is 4.74 Å². The van der Waals surface area contributed by atoms with Crippen molar-refractivity contribution in [1.29, 1.82) is 0 Å². The second-order valence-corrected chi connectivity index (χ2v) is 7.39. The molecule has 1 aromatic carbocycles. The molecular weight excluding hydrogens is 360 g/mol. The topological polar surface area (TPSA) is 58.6 Å². The highest BCUT2D eigenvalue weighted by atomic mass is 79.9. The Hall–Kier alpha value is -1.40. The van der Waals surface area contributed by atoms with Gasteiger partial charge in [-0.15, -0.1) is 0 Å². The lowest BCUT2D eigenvalue weighted by Gasteiger charge is -2.32. The van der Waals surface area contributed by atoms with Crippen LogP contribution in [0.15, 0.2) is 22.7 Å². The van der Waals surface area contributed by atoms with Gasteiger partial charge in [-0.3, -0.25) is 14.5 Å². The lowest BCUT2D eigenvalue weighted by molar-refractivity contribution is -0.148. The summed E-state index contributed by atoms with van der Waals surface area (Å²) in [6, 6.07) is 5.97. The van der Waals surface area contributed by atoms with Gasteiger partial charge in [0.2, 0.25) is 5.91 Å². The molecule has 0 aliphatic carbocycles. The highest BCUT2D eigenvalue weighted by molar-refractivity contribution is 9.10. The van der Waals surface area contributed by atoms with E-state index in [-0.39, 0.29) is 23.8 Å². The first-order chi connectivity index (χ1) is 11.1. The number of nitrogens with zero attached hydrogens (tertiary/aromatic N) is 1. The Morgan fingerprint density at radius 1 is 1.52 bits per heavy atom. The van der Waals surface area contributed by atoms with E-state index in [1.165, 1.54) is 0 Å². The number of hydrogen-bond acceptors (Lipinski definition) is 4. The first-order valence-corrected chi connectivity index (χ1v) is 8.92. The van der Waals surface area contributed by atoms with Crippen LogP contribution in [0.1, 0.15) is 31.7 Å². The second-order valence-electron chi connectivity index (χ2n) is 6.47. The fraction of sp³-hybridized carbons (Fsp3) is 0.529. The zero-order chi connectivity index (χ0) is 16.2. The SMILES string of the molecule is CCOC(=O)[C@H]1C[C@@]2(C(=O)Nc3ccc(Br)cc32)N2CCC[C@H]12. The summed E-state index contributed by atoms with van der Waals surface area (Å²) in [6.45, 7) is 3.05. The van der Waals surface area contributed by atoms with Crippen molar-refractivity contribution in [2.45, 2.75) is 37.8 Å². The van der Waals surface area contributed by atoms with Crippen LogP contribution in [-0.2, 0) is 19.9 Å². The maximum atomic E-state index is 12.9. The van der Waals surface area contributed by atoms with Gasteiger partial charge in [-0.25, -0.2) is 0 Å². The van der Waals surface area contributed by atoms with Crippen LogP contribution in [0.4, 0.5) is 5.69 Å². The van der Waals surface area contributed by atoms with Crippen molar-refractivity contribution < 1.29 is 14.3 Å². The molecule has 6 heteroatoms. The molecule has 1 N–H and O–H groups in total. The van der Waals surface area contributed by atoms with Crippen molar-refractivity contribution in [3.8, 4) is 0 Å². The number of hydrogen-bond donors (Lipinski definition) is 1. The molecule has 2 fully saturated rings. The Morgan fingerprint density at radius 3 is 3.13 bits per heavy atom. The first-order valence-electron chi connectivity index (χ1n) is 8.13. The Labute approximate surface area is 143 Å². The highest BCUT2D eigenvalue weighted by Gasteiger charge is 2.63. The van der Waals surface area contributed by atoms with Gasteiger partial charge in [0.1, 0.15) is 5.54 Å². The molecule has 2 saturated heterocycles.